The minimum Gasteiger partial charge on any atom is -0.328 e. The Hall–Kier alpha value is -5.93. The number of allylic oxidation sites excluding steroid dienone is 5. The van der Waals surface area contributed by atoms with Crippen molar-refractivity contribution >= 4 is 22.4 Å². The normalized spacial score (nSPS) is 16.4. The summed E-state index contributed by atoms with van der Waals surface area (Å²) in [7, 11) is 0. The summed E-state index contributed by atoms with van der Waals surface area (Å²) >= 11 is 0. The van der Waals surface area contributed by atoms with Gasteiger partial charge in [0.1, 0.15) is 5.67 Å². The van der Waals surface area contributed by atoms with Crippen LogP contribution in [0.3, 0.4) is 0 Å². The van der Waals surface area contributed by atoms with Crippen LogP contribution in [-0.2, 0) is 48.3 Å². The summed E-state index contributed by atoms with van der Waals surface area (Å²) in [5.74, 6) is 6.28. The minimum atomic E-state index is -4.51. The number of hydrogen-bond acceptors (Lipinski definition) is 5. The smallest absolute Gasteiger partial charge is 0.328 e. The zero-order valence-corrected chi connectivity index (χ0v) is 47.6. The molecular formula is C58H76F10N8O. The molecule has 0 amide bonds. The van der Waals surface area contributed by atoms with Gasteiger partial charge in [0.05, 0.1) is 40.0 Å². The number of fused-ring (bicyclic) bond motifs is 3. The highest BCUT2D eigenvalue weighted by molar-refractivity contribution is 5.93. The van der Waals surface area contributed by atoms with E-state index in [0.29, 0.717) is 54.6 Å². The second-order valence-corrected chi connectivity index (χ2v) is 22.3. The number of carbonyl (C=O) groups is 1. The fourth-order valence-electron chi connectivity index (χ4n) is 8.89. The Morgan fingerprint density at radius 2 is 1.23 bits per heavy atom. The van der Waals surface area contributed by atoms with E-state index in [0.717, 1.165) is 16.7 Å². The van der Waals surface area contributed by atoms with E-state index in [1.807, 2.05) is 73.9 Å². The molecule has 19 heteroatoms. The lowest BCUT2D eigenvalue weighted by atomic mass is 9.97. The van der Waals surface area contributed by atoms with Crippen molar-refractivity contribution < 1.29 is 48.7 Å². The summed E-state index contributed by atoms with van der Waals surface area (Å²) in [6.45, 7) is 36.0. The van der Waals surface area contributed by atoms with Crippen molar-refractivity contribution in [3.05, 3.63) is 111 Å². The van der Waals surface area contributed by atoms with Gasteiger partial charge >= 0.3 is 18.5 Å². The Bertz CT molecular complexity index is 3020. The molecule has 9 nitrogen and oxygen atoms in total. The van der Waals surface area contributed by atoms with Crippen LogP contribution in [0.4, 0.5) is 43.9 Å². The van der Waals surface area contributed by atoms with Crippen LogP contribution in [0, 0.1) is 37.0 Å². The predicted molar refractivity (Wildman–Crippen MR) is 284 cm³/mol. The van der Waals surface area contributed by atoms with E-state index in [2.05, 4.69) is 96.9 Å². The number of aromatic nitrogens is 8. The average Bonchev–Trinajstić information content (AvgIpc) is 4.15. The lowest BCUT2D eigenvalue weighted by Crippen LogP contribution is -2.19. The van der Waals surface area contributed by atoms with Crippen molar-refractivity contribution in [2.75, 3.05) is 0 Å². The molecule has 4 heterocycles. The topological polar surface area (TPSA) is 88.3 Å². The first kappa shape index (κ1) is 63.6. The van der Waals surface area contributed by atoms with Gasteiger partial charge in [-0.1, -0.05) is 51.3 Å². The Labute approximate surface area is 447 Å². The molecule has 1 unspecified atom stereocenters. The van der Waals surface area contributed by atoms with Crippen molar-refractivity contribution in [2.24, 2.45) is 11.3 Å². The van der Waals surface area contributed by atoms with Gasteiger partial charge in [0.15, 0.2) is 22.9 Å². The van der Waals surface area contributed by atoms with Crippen LogP contribution in [0.25, 0.3) is 16.6 Å². The molecule has 0 bridgehead atoms. The summed E-state index contributed by atoms with van der Waals surface area (Å²) in [5.41, 5.74) is 3.86. The third-order valence-corrected chi connectivity index (χ3v) is 12.9. The minimum absolute atomic E-state index is 0.0172. The van der Waals surface area contributed by atoms with Crippen molar-refractivity contribution in [3.63, 3.8) is 0 Å². The molecule has 0 aliphatic heterocycles. The maximum atomic E-state index is 14.2. The lowest BCUT2D eigenvalue weighted by Gasteiger charge is -2.18. The van der Waals surface area contributed by atoms with Crippen molar-refractivity contribution in [1.82, 2.24) is 38.9 Å². The summed E-state index contributed by atoms with van der Waals surface area (Å²) in [6, 6.07) is 4.35. The van der Waals surface area contributed by atoms with Crippen LogP contribution in [-0.4, -0.2) is 44.7 Å². The molecule has 0 saturated heterocycles. The number of ketones is 1. The molecule has 424 valence electrons. The number of imidazole rings is 1. The number of halogens is 10. The molecule has 3 aliphatic rings. The molecule has 3 aliphatic carbocycles. The van der Waals surface area contributed by atoms with Gasteiger partial charge in [0.2, 0.25) is 0 Å². The first-order valence-corrected chi connectivity index (χ1v) is 26.0. The van der Waals surface area contributed by atoms with Crippen molar-refractivity contribution in [3.8, 4) is 11.8 Å². The molecule has 0 radical (unpaired) electrons. The molecule has 1 atom stereocenters. The van der Waals surface area contributed by atoms with Crippen LogP contribution >= 0.6 is 0 Å². The first-order chi connectivity index (χ1) is 35.2. The van der Waals surface area contributed by atoms with Crippen LogP contribution in [0.2, 0.25) is 0 Å². The Morgan fingerprint density at radius 1 is 0.714 bits per heavy atom. The molecule has 5 aromatic rings. The van der Waals surface area contributed by atoms with Crippen molar-refractivity contribution in [1.29, 1.82) is 0 Å². The van der Waals surface area contributed by atoms with Gasteiger partial charge in [0.25, 0.3) is 0 Å². The van der Waals surface area contributed by atoms with Gasteiger partial charge in [-0.3, -0.25) is 18.8 Å². The summed E-state index contributed by atoms with van der Waals surface area (Å²) < 4.78 is 136. The summed E-state index contributed by atoms with van der Waals surface area (Å²) in [5, 5.41) is 11.0. The number of nitrogens with zero attached hydrogens (tertiary/aromatic N) is 8. The molecule has 0 N–H and O–H groups in total. The average molecular weight is 1090 g/mol. The van der Waals surface area contributed by atoms with Gasteiger partial charge in [-0.25, -0.2) is 9.37 Å². The van der Waals surface area contributed by atoms with Gasteiger partial charge < -0.3 is 4.57 Å². The zero-order chi connectivity index (χ0) is 58.7. The molecule has 0 fully saturated rings. The Morgan fingerprint density at radius 3 is 1.70 bits per heavy atom. The Balaban J connectivity index is 0.000000211. The van der Waals surface area contributed by atoms with E-state index >= 15 is 0 Å². The quantitative estimate of drug-likeness (QED) is 0.125. The lowest BCUT2D eigenvalue weighted by molar-refractivity contribution is -0.142. The fraction of sp³-hybridized carbons (Fsp3) is 0.569. The van der Waals surface area contributed by atoms with E-state index < -0.39 is 41.3 Å². The Kier molecular flexibility index (Phi) is 20.1. The zero-order valence-electron chi connectivity index (χ0n) is 47.6. The van der Waals surface area contributed by atoms with Crippen LogP contribution in [0.1, 0.15) is 209 Å². The number of hydrogen-bond donors (Lipinski definition) is 0. The molecule has 8 rings (SSSR count). The SMILES string of the molecule is C=C1CCc2c(C(F)(F)F)nn(C(C)C)c21.CC(C)C1=CC(=O)CC=C1.CC(C)n1nc(C(F)(F)F)c2c1C(C)(F)CC2.CCc1c(C#CC(C)(C)C)c(C(F)(F)F)nn1C(C)C.Cc1cc2ncn(C(C)C)c2cc1C. The number of aryl methyl sites for hydroxylation is 2. The fourth-order valence-corrected chi connectivity index (χ4v) is 8.89. The highest BCUT2D eigenvalue weighted by Crippen LogP contribution is 2.46. The second kappa shape index (κ2) is 24.4. The highest BCUT2D eigenvalue weighted by atomic mass is 19.4. The molecular weight excluding hydrogens is 1010 g/mol. The number of alkyl halides is 10. The molecule has 77 heavy (non-hydrogen) atoms. The van der Waals surface area contributed by atoms with Crippen LogP contribution < -0.4 is 0 Å². The van der Waals surface area contributed by atoms with Gasteiger partial charge in [0, 0.05) is 47.1 Å². The van der Waals surface area contributed by atoms with Gasteiger partial charge in [-0.05, 0) is 175 Å². The number of rotatable bonds is 6. The van der Waals surface area contributed by atoms with Gasteiger partial charge in [-0.15, -0.1) is 0 Å². The van der Waals surface area contributed by atoms with E-state index in [-0.39, 0.29) is 59.0 Å². The van der Waals surface area contributed by atoms with Crippen molar-refractivity contribution in [2.45, 2.75) is 205 Å². The molecule has 0 spiro atoms. The number of benzene rings is 1. The molecule has 0 saturated carbocycles. The monoisotopic (exact) mass is 1090 g/mol. The standard InChI is InChI=1S/C15H21F3N2.C12H16N2.C11H14F4N2.C11H13F3N2.C9H12O/c1-7-12-11(8-9-14(4,5)6)13(15(16,17)18)19-20(12)10(2)3;1-8(2)14-7-13-11-5-9(3)10(4)6-12(11)14;1-6(2)17-9-7(4-5-10(9,3)12)8(16-17)11(13,14)15;1-6(2)16-9-7(3)4-5-8(9)10(15-16)11(12,13)14;1-7(2)8-4-3-5-9(10)6-8/h10H,7H2,1-6H3;5-8H,1-4H3;6H,4-5H2,1-3H3;6H,3-5H2,1-2H3;3-4,6-7H,5H2,1-2H3. The molecule has 4 aromatic heterocycles. The summed E-state index contributed by atoms with van der Waals surface area (Å²) in [6.07, 6.45) is -3.49. The second-order valence-electron chi connectivity index (χ2n) is 22.3. The van der Waals surface area contributed by atoms with E-state index in [9.17, 15) is 48.7 Å². The van der Waals surface area contributed by atoms with E-state index in [4.69, 9.17) is 0 Å². The summed E-state index contributed by atoms with van der Waals surface area (Å²) in [4.78, 5) is 15.3. The largest absolute Gasteiger partial charge is 0.436 e. The highest BCUT2D eigenvalue weighted by Gasteiger charge is 2.48. The van der Waals surface area contributed by atoms with Crippen LogP contribution in [0.15, 0.2) is 48.8 Å². The maximum absolute atomic E-state index is 14.2. The van der Waals surface area contributed by atoms with Crippen LogP contribution in [0.5, 0.6) is 0 Å². The van der Waals surface area contributed by atoms with E-state index in [1.165, 1.54) is 37.6 Å². The third-order valence-electron chi connectivity index (χ3n) is 12.9. The third kappa shape index (κ3) is 15.6. The predicted octanol–water partition coefficient (Wildman–Crippen LogP) is 16.8. The van der Waals surface area contributed by atoms with Gasteiger partial charge in [-0.2, -0.15) is 54.8 Å². The maximum Gasteiger partial charge on any atom is 0.436 e. The first-order valence-electron chi connectivity index (χ1n) is 26.0. The number of carbonyl (C=O) groups excluding carboxylic acids is 1. The molecule has 1 aromatic carbocycles. The van der Waals surface area contributed by atoms with E-state index in [1.54, 1.807) is 19.9 Å².